The Morgan fingerprint density at radius 2 is 1.95 bits per heavy atom. The average molecular weight is 416 g/mol. The zero-order chi connectivity index (χ0) is 15.2. The summed E-state index contributed by atoms with van der Waals surface area (Å²) < 4.78 is 6.58. The highest BCUT2D eigenvalue weighted by atomic mass is 127. The number of carbonyl (C=O) groups is 1. The van der Waals surface area contributed by atoms with E-state index in [4.69, 9.17) is 16.3 Å². The van der Waals surface area contributed by atoms with Gasteiger partial charge in [0, 0.05) is 20.4 Å². The van der Waals surface area contributed by atoms with E-state index >= 15 is 0 Å². The Kier molecular flexibility index (Phi) is 5.87. The number of hydrogen-bond donors (Lipinski definition) is 1. The molecule has 0 saturated carbocycles. The van der Waals surface area contributed by atoms with Gasteiger partial charge in [-0.25, -0.2) is 0 Å². The highest BCUT2D eigenvalue weighted by Crippen LogP contribution is 2.25. The molecule has 1 N–H and O–H groups in total. The largest absolute Gasteiger partial charge is 0.494 e. The van der Waals surface area contributed by atoms with Gasteiger partial charge in [-0.05, 0) is 72.0 Å². The highest BCUT2D eigenvalue weighted by molar-refractivity contribution is 14.1. The lowest BCUT2D eigenvalue weighted by Gasteiger charge is -2.11. The topological polar surface area (TPSA) is 38.3 Å². The van der Waals surface area contributed by atoms with Gasteiger partial charge in [-0.3, -0.25) is 4.79 Å². The summed E-state index contributed by atoms with van der Waals surface area (Å²) in [4.78, 5) is 12.2. The second-order valence-electron chi connectivity index (χ2n) is 4.35. The summed E-state index contributed by atoms with van der Waals surface area (Å²) in [5.41, 5.74) is 2.19. The second-order valence-corrected chi connectivity index (χ2v) is 5.86. The third-order valence-corrected chi connectivity index (χ3v) is 3.88. The van der Waals surface area contributed by atoms with E-state index in [0.29, 0.717) is 23.7 Å². The first-order valence-electron chi connectivity index (χ1n) is 6.52. The van der Waals surface area contributed by atoms with Crippen LogP contribution in [0.25, 0.3) is 0 Å². The molecular formula is C16H15ClINO2. The Hall–Kier alpha value is -1.27. The molecule has 0 atom stereocenters. The first kappa shape index (κ1) is 16.1. The molecule has 0 radical (unpaired) electrons. The summed E-state index contributed by atoms with van der Waals surface area (Å²) in [6.45, 7) is 2.50. The fourth-order valence-corrected chi connectivity index (χ4v) is 2.43. The maximum absolute atomic E-state index is 12.2. The number of rotatable bonds is 5. The normalized spacial score (nSPS) is 10.2. The van der Waals surface area contributed by atoms with Crippen molar-refractivity contribution in [3.8, 4) is 5.75 Å². The number of amides is 1. The van der Waals surface area contributed by atoms with Crippen molar-refractivity contribution in [1.82, 2.24) is 0 Å². The van der Waals surface area contributed by atoms with Gasteiger partial charge in [0.15, 0.2) is 0 Å². The SMILES string of the molecule is CCOc1ccc(NC(=O)c2ccc(I)cc2)cc1CCl. The van der Waals surface area contributed by atoms with Gasteiger partial charge in [-0.15, -0.1) is 11.6 Å². The van der Waals surface area contributed by atoms with Gasteiger partial charge in [0.25, 0.3) is 5.91 Å². The summed E-state index contributed by atoms with van der Waals surface area (Å²) in [5.74, 6) is 0.943. The first-order valence-corrected chi connectivity index (χ1v) is 8.14. The molecule has 0 aromatic heterocycles. The molecule has 2 aromatic carbocycles. The molecular weight excluding hydrogens is 401 g/mol. The standard InChI is InChI=1S/C16H15ClINO2/c1-2-21-15-8-7-14(9-12(15)10-17)19-16(20)11-3-5-13(18)6-4-11/h3-9H,2,10H2,1H3,(H,19,20). The van der Waals surface area contributed by atoms with Crippen molar-refractivity contribution in [1.29, 1.82) is 0 Å². The maximum Gasteiger partial charge on any atom is 0.255 e. The highest BCUT2D eigenvalue weighted by Gasteiger charge is 2.08. The fraction of sp³-hybridized carbons (Fsp3) is 0.188. The zero-order valence-electron chi connectivity index (χ0n) is 11.5. The van der Waals surface area contributed by atoms with E-state index in [-0.39, 0.29) is 5.91 Å². The third kappa shape index (κ3) is 4.35. The molecule has 0 unspecified atom stereocenters. The lowest BCUT2D eigenvalue weighted by molar-refractivity contribution is 0.102. The number of alkyl halides is 1. The van der Waals surface area contributed by atoms with Crippen molar-refractivity contribution in [2.24, 2.45) is 0 Å². The van der Waals surface area contributed by atoms with Crippen LogP contribution in [-0.2, 0) is 5.88 Å². The number of nitrogens with one attached hydrogen (secondary N) is 1. The monoisotopic (exact) mass is 415 g/mol. The van der Waals surface area contributed by atoms with E-state index in [9.17, 15) is 4.79 Å². The van der Waals surface area contributed by atoms with Crippen LogP contribution in [0, 0.1) is 3.57 Å². The minimum atomic E-state index is -0.143. The van der Waals surface area contributed by atoms with Crippen LogP contribution in [0.1, 0.15) is 22.8 Å². The van der Waals surface area contributed by atoms with Gasteiger partial charge in [0.2, 0.25) is 0 Å². The summed E-state index contributed by atoms with van der Waals surface area (Å²) in [5, 5.41) is 2.87. The average Bonchev–Trinajstić information content (AvgIpc) is 2.49. The Labute approximate surface area is 142 Å². The molecule has 1 amide bonds. The maximum atomic E-state index is 12.2. The van der Waals surface area contributed by atoms with Gasteiger partial charge >= 0.3 is 0 Å². The number of carbonyl (C=O) groups excluding carboxylic acids is 1. The molecule has 0 aliphatic rings. The van der Waals surface area contributed by atoms with E-state index in [0.717, 1.165) is 14.9 Å². The Bertz CT molecular complexity index is 629. The van der Waals surface area contributed by atoms with Crippen LogP contribution in [0.4, 0.5) is 5.69 Å². The van der Waals surface area contributed by atoms with Crippen molar-refractivity contribution < 1.29 is 9.53 Å². The predicted molar refractivity (Wildman–Crippen MR) is 94.3 cm³/mol. The van der Waals surface area contributed by atoms with Crippen molar-refractivity contribution in [3.63, 3.8) is 0 Å². The van der Waals surface area contributed by atoms with Crippen molar-refractivity contribution in [3.05, 3.63) is 57.2 Å². The molecule has 0 heterocycles. The summed E-state index contributed by atoms with van der Waals surface area (Å²) >= 11 is 8.12. The Morgan fingerprint density at radius 3 is 2.57 bits per heavy atom. The quantitative estimate of drug-likeness (QED) is 0.569. The van der Waals surface area contributed by atoms with E-state index in [2.05, 4.69) is 27.9 Å². The second kappa shape index (κ2) is 7.66. The molecule has 0 bridgehead atoms. The molecule has 2 rings (SSSR count). The lowest BCUT2D eigenvalue weighted by Crippen LogP contribution is -2.12. The number of benzene rings is 2. The number of ether oxygens (including phenoxy) is 1. The lowest BCUT2D eigenvalue weighted by atomic mass is 10.1. The molecule has 110 valence electrons. The van der Waals surface area contributed by atoms with E-state index in [1.54, 1.807) is 12.1 Å². The van der Waals surface area contributed by atoms with Crippen LogP contribution >= 0.6 is 34.2 Å². The van der Waals surface area contributed by atoms with Crippen LogP contribution in [0.2, 0.25) is 0 Å². The first-order chi connectivity index (χ1) is 10.1. The molecule has 21 heavy (non-hydrogen) atoms. The summed E-state index contributed by atoms with van der Waals surface area (Å²) in [7, 11) is 0. The van der Waals surface area contributed by atoms with Crippen molar-refractivity contribution >= 4 is 45.8 Å². The van der Waals surface area contributed by atoms with Crippen LogP contribution in [0.5, 0.6) is 5.75 Å². The van der Waals surface area contributed by atoms with Crippen molar-refractivity contribution in [2.75, 3.05) is 11.9 Å². The predicted octanol–water partition coefficient (Wildman–Crippen LogP) is 4.68. The number of anilines is 1. The van der Waals surface area contributed by atoms with Crippen LogP contribution < -0.4 is 10.1 Å². The molecule has 0 aliphatic heterocycles. The zero-order valence-corrected chi connectivity index (χ0v) is 14.4. The number of halogens is 2. The third-order valence-electron chi connectivity index (χ3n) is 2.87. The van der Waals surface area contributed by atoms with Crippen LogP contribution in [0.3, 0.4) is 0 Å². The van der Waals surface area contributed by atoms with E-state index in [1.165, 1.54) is 0 Å². The Morgan fingerprint density at radius 1 is 1.24 bits per heavy atom. The Balaban J connectivity index is 2.15. The number of hydrogen-bond acceptors (Lipinski definition) is 2. The molecule has 3 nitrogen and oxygen atoms in total. The fourth-order valence-electron chi connectivity index (χ4n) is 1.86. The smallest absolute Gasteiger partial charge is 0.255 e. The minimum absolute atomic E-state index is 0.143. The van der Waals surface area contributed by atoms with Crippen LogP contribution in [0.15, 0.2) is 42.5 Å². The van der Waals surface area contributed by atoms with Gasteiger partial charge < -0.3 is 10.1 Å². The molecule has 0 aliphatic carbocycles. The van der Waals surface area contributed by atoms with Crippen LogP contribution in [-0.4, -0.2) is 12.5 Å². The summed E-state index contributed by atoms with van der Waals surface area (Å²) in [6, 6.07) is 12.9. The van der Waals surface area contributed by atoms with Gasteiger partial charge in [-0.2, -0.15) is 0 Å². The van der Waals surface area contributed by atoms with Gasteiger partial charge in [0.1, 0.15) is 5.75 Å². The van der Waals surface area contributed by atoms with E-state index in [1.807, 2.05) is 37.3 Å². The summed E-state index contributed by atoms with van der Waals surface area (Å²) in [6.07, 6.45) is 0. The molecule has 0 spiro atoms. The van der Waals surface area contributed by atoms with Crippen molar-refractivity contribution in [2.45, 2.75) is 12.8 Å². The van der Waals surface area contributed by atoms with E-state index < -0.39 is 0 Å². The molecule has 0 saturated heterocycles. The molecule has 2 aromatic rings. The molecule has 5 heteroatoms. The van der Waals surface area contributed by atoms with Gasteiger partial charge in [-0.1, -0.05) is 0 Å². The van der Waals surface area contributed by atoms with Gasteiger partial charge in [0.05, 0.1) is 12.5 Å². The molecule has 0 fully saturated rings. The minimum Gasteiger partial charge on any atom is -0.494 e.